The van der Waals surface area contributed by atoms with Crippen LogP contribution in [0.25, 0.3) is 0 Å². The van der Waals surface area contributed by atoms with Gasteiger partial charge in [0.2, 0.25) is 0 Å². The molecule has 24 heavy (non-hydrogen) atoms. The molecule has 0 saturated heterocycles. The molecular formula is C20H25FN2O. The third-order valence-corrected chi connectivity index (χ3v) is 4.28. The number of methoxy groups -OCH3 is 1. The third kappa shape index (κ3) is 4.34. The second-order valence-electron chi connectivity index (χ2n) is 6.00. The summed E-state index contributed by atoms with van der Waals surface area (Å²) in [6, 6.07) is 8.84. The number of hydrogen-bond acceptors (Lipinski definition) is 2. The number of rotatable bonds is 6. The molecule has 0 aliphatic carbocycles. The van der Waals surface area contributed by atoms with Gasteiger partial charge >= 0.3 is 0 Å². The Labute approximate surface area is 143 Å². The normalized spacial score (nSPS) is 11.1. The fourth-order valence-electron chi connectivity index (χ4n) is 2.44. The van der Waals surface area contributed by atoms with E-state index in [0.29, 0.717) is 6.42 Å². The van der Waals surface area contributed by atoms with E-state index in [0.717, 1.165) is 40.2 Å². The lowest BCUT2D eigenvalue weighted by molar-refractivity contribution is 0.414. The van der Waals surface area contributed by atoms with Gasteiger partial charge in [-0.1, -0.05) is 6.07 Å². The zero-order valence-corrected chi connectivity index (χ0v) is 15.1. The second kappa shape index (κ2) is 7.95. The highest BCUT2D eigenvalue weighted by Crippen LogP contribution is 2.30. The van der Waals surface area contributed by atoms with Crippen LogP contribution in [-0.4, -0.2) is 31.9 Å². The Hall–Kier alpha value is -2.36. The van der Waals surface area contributed by atoms with E-state index in [-0.39, 0.29) is 5.82 Å². The maximum atomic E-state index is 13.6. The van der Waals surface area contributed by atoms with Crippen LogP contribution in [0.2, 0.25) is 0 Å². The topological polar surface area (TPSA) is 24.8 Å². The highest BCUT2D eigenvalue weighted by Gasteiger charge is 2.10. The summed E-state index contributed by atoms with van der Waals surface area (Å²) in [4.78, 5) is 6.58. The number of ether oxygens (including phenoxy) is 1. The van der Waals surface area contributed by atoms with Gasteiger partial charge in [-0.15, -0.1) is 0 Å². The van der Waals surface area contributed by atoms with E-state index in [4.69, 9.17) is 4.74 Å². The molecule has 0 spiro atoms. The van der Waals surface area contributed by atoms with Crippen molar-refractivity contribution in [3.05, 3.63) is 58.4 Å². The lowest BCUT2D eigenvalue weighted by Gasteiger charge is -2.14. The molecule has 0 amide bonds. The first kappa shape index (κ1) is 18.0. The molecule has 128 valence electrons. The van der Waals surface area contributed by atoms with Crippen molar-refractivity contribution < 1.29 is 9.13 Å². The monoisotopic (exact) mass is 328 g/mol. The molecule has 0 unspecified atom stereocenters. The van der Waals surface area contributed by atoms with Crippen LogP contribution < -0.4 is 4.74 Å². The van der Waals surface area contributed by atoms with E-state index in [1.165, 1.54) is 6.07 Å². The Morgan fingerprint density at radius 1 is 1.17 bits per heavy atom. The molecule has 0 N–H and O–H groups in total. The number of nitrogens with zero attached hydrogens (tertiary/aromatic N) is 2. The van der Waals surface area contributed by atoms with Gasteiger partial charge in [-0.05, 0) is 67.6 Å². The van der Waals surface area contributed by atoms with Gasteiger partial charge in [0.25, 0.3) is 0 Å². The summed E-state index contributed by atoms with van der Waals surface area (Å²) >= 11 is 0. The Morgan fingerprint density at radius 2 is 1.92 bits per heavy atom. The molecule has 2 aromatic carbocycles. The fraction of sp³-hybridized carbons (Fsp3) is 0.350. The van der Waals surface area contributed by atoms with Gasteiger partial charge in [-0.25, -0.2) is 9.38 Å². The van der Waals surface area contributed by atoms with Crippen molar-refractivity contribution in [1.82, 2.24) is 4.90 Å². The largest absolute Gasteiger partial charge is 0.497 e. The maximum Gasteiger partial charge on any atom is 0.123 e. The molecule has 0 atom stereocenters. The fourth-order valence-corrected chi connectivity index (χ4v) is 2.44. The van der Waals surface area contributed by atoms with Gasteiger partial charge in [0, 0.05) is 19.7 Å². The van der Waals surface area contributed by atoms with E-state index in [9.17, 15) is 4.39 Å². The first-order valence-corrected chi connectivity index (χ1v) is 8.11. The van der Waals surface area contributed by atoms with Crippen molar-refractivity contribution in [2.45, 2.75) is 27.2 Å². The molecular weight excluding hydrogens is 303 g/mol. The summed E-state index contributed by atoms with van der Waals surface area (Å²) in [7, 11) is 3.63. The lowest BCUT2D eigenvalue weighted by Crippen LogP contribution is -2.14. The molecule has 0 heterocycles. The predicted molar refractivity (Wildman–Crippen MR) is 98.1 cm³/mol. The summed E-state index contributed by atoms with van der Waals surface area (Å²) in [5.41, 5.74) is 5.11. The Balaban J connectivity index is 2.42. The number of halogens is 1. The van der Waals surface area contributed by atoms with Crippen LogP contribution >= 0.6 is 0 Å². The molecule has 2 rings (SSSR count). The molecule has 0 aliphatic heterocycles. The first-order valence-electron chi connectivity index (χ1n) is 8.11. The zero-order chi connectivity index (χ0) is 17.7. The quantitative estimate of drug-likeness (QED) is 0.569. The van der Waals surface area contributed by atoms with Crippen LogP contribution in [0, 0.1) is 19.7 Å². The van der Waals surface area contributed by atoms with E-state index >= 15 is 0 Å². The highest BCUT2D eigenvalue weighted by molar-refractivity contribution is 5.65. The molecule has 3 nitrogen and oxygen atoms in total. The predicted octanol–water partition coefficient (Wildman–Crippen LogP) is 4.65. The van der Waals surface area contributed by atoms with Crippen LogP contribution in [0.4, 0.5) is 10.1 Å². The minimum atomic E-state index is -0.209. The second-order valence-corrected chi connectivity index (χ2v) is 6.00. The van der Waals surface area contributed by atoms with Crippen LogP contribution in [0.15, 0.2) is 35.3 Å². The summed E-state index contributed by atoms with van der Waals surface area (Å²) in [5, 5.41) is 0. The summed E-state index contributed by atoms with van der Waals surface area (Å²) in [6.07, 6.45) is 2.47. The number of hydrogen-bond donors (Lipinski definition) is 0. The molecule has 0 aromatic heterocycles. The van der Waals surface area contributed by atoms with Crippen molar-refractivity contribution in [2.75, 3.05) is 20.7 Å². The average molecular weight is 328 g/mol. The molecule has 0 saturated carbocycles. The SMILES string of the molecule is CCN(C)C=Nc1cc(OC)cc(Cc2cc(F)ccc2C)c1C. The number of benzene rings is 2. The van der Waals surface area contributed by atoms with Gasteiger partial charge in [0.15, 0.2) is 0 Å². The molecule has 2 aromatic rings. The van der Waals surface area contributed by atoms with Crippen molar-refractivity contribution in [1.29, 1.82) is 0 Å². The third-order valence-electron chi connectivity index (χ3n) is 4.28. The smallest absolute Gasteiger partial charge is 0.123 e. The minimum absolute atomic E-state index is 0.209. The van der Waals surface area contributed by atoms with Crippen LogP contribution in [0.3, 0.4) is 0 Å². The van der Waals surface area contributed by atoms with Gasteiger partial charge < -0.3 is 9.64 Å². The van der Waals surface area contributed by atoms with E-state index in [1.54, 1.807) is 13.2 Å². The van der Waals surface area contributed by atoms with Crippen molar-refractivity contribution in [2.24, 2.45) is 4.99 Å². The van der Waals surface area contributed by atoms with Crippen molar-refractivity contribution in [3.63, 3.8) is 0 Å². The van der Waals surface area contributed by atoms with E-state index in [2.05, 4.69) is 11.9 Å². The summed E-state index contributed by atoms with van der Waals surface area (Å²) < 4.78 is 19.0. The van der Waals surface area contributed by atoms with Crippen LogP contribution in [-0.2, 0) is 6.42 Å². The standard InChI is InChI=1S/C20H25FN2O/c1-6-23(4)13-22-20-12-19(24-5)11-17(15(20)3)9-16-10-18(21)8-7-14(16)2/h7-8,10-13H,6,9H2,1-5H3. The molecule has 0 fully saturated rings. The van der Waals surface area contributed by atoms with Gasteiger partial charge in [-0.2, -0.15) is 0 Å². The van der Waals surface area contributed by atoms with E-state index < -0.39 is 0 Å². The Bertz CT molecular complexity index is 741. The Morgan fingerprint density at radius 3 is 2.58 bits per heavy atom. The van der Waals surface area contributed by atoms with Gasteiger partial charge in [0.05, 0.1) is 19.1 Å². The highest BCUT2D eigenvalue weighted by atomic mass is 19.1. The van der Waals surface area contributed by atoms with E-state index in [1.807, 2.05) is 50.3 Å². The van der Waals surface area contributed by atoms with Gasteiger partial charge in [0.1, 0.15) is 11.6 Å². The van der Waals surface area contributed by atoms with Crippen LogP contribution in [0.5, 0.6) is 5.75 Å². The molecule has 0 radical (unpaired) electrons. The molecule has 0 bridgehead atoms. The zero-order valence-electron chi connectivity index (χ0n) is 15.1. The molecule has 0 aliphatic rings. The maximum absolute atomic E-state index is 13.6. The first-order chi connectivity index (χ1) is 11.4. The number of aliphatic imine (C=N–C) groups is 1. The van der Waals surface area contributed by atoms with Crippen molar-refractivity contribution in [3.8, 4) is 5.75 Å². The molecule has 4 heteroatoms. The number of aryl methyl sites for hydroxylation is 1. The van der Waals surface area contributed by atoms with Crippen LogP contribution in [0.1, 0.15) is 29.2 Å². The summed E-state index contributed by atoms with van der Waals surface area (Å²) in [5.74, 6) is 0.551. The average Bonchev–Trinajstić information content (AvgIpc) is 2.58. The van der Waals surface area contributed by atoms with Crippen molar-refractivity contribution >= 4 is 12.0 Å². The lowest BCUT2D eigenvalue weighted by atomic mass is 9.96. The summed E-state index contributed by atoms with van der Waals surface area (Å²) in [6.45, 7) is 7.01. The Kier molecular flexibility index (Phi) is 5.96. The minimum Gasteiger partial charge on any atom is -0.497 e. The van der Waals surface area contributed by atoms with Gasteiger partial charge in [-0.3, -0.25) is 0 Å².